The fraction of sp³-hybridized carbons (Fsp3) is 0.375. The van der Waals surface area contributed by atoms with E-state index in [9.17, 15) is 26.4 Å². The third-order valence-corrected chi connectivity index (χ3v) is 9.28. The van der Waals surface area contributed by atoms with Gasteiger partial charge in [-0.1, -0.05) is 31.5 Å². The Balaban J connectivity index is 1.50. The molecule has 3 heterocycles. The second-order valence-electron chi connectivity index (χ2n) is 12.1. The average molecular weight is 664 g/mol. The highest BCUT2D eigenvalue weighted by molar-refractivity contribution is 7.88. The Hall–Kier alpha value is -3.77. The number of nitrogens with zero attached hydrogens (tertiary/aromatic N) is 2. The number of halogens is 4. The van der Waals surface area contributed by atoms with Crippen molar-refractivity contribution in [3.05, 3.63) is 80.6 Å². The molecule has 4 aromatic rings. The van der Waals surface area contributed by atoms with Crippen molar-refractivity contribution in [1.29, 1.82) is 0 Å². The van der Waals surface area contributed by atoms with Gasteiger partial charge < -0.3 is 18.8 Å². The van der Waals surface area contributed by atoms with Gasteiger partial charge in [-0.05, 0) is 87.1 Å². The summed E-state index contributed by atoms with van der Waals surface area (Å²) in [5.74, 6) is 0.0644. The lowest BCUT2D eigenvalue weighted by Gasteiger charge is -2.37. The van der Waals surface area contributed by atoms with Crippen LogP contribution in [0.1, 0.15) is 56.3 Å². The van der Waals surface area contributed by atoms with Crippen molar-refractivity contribution < 1.29 is 30.2 Å². The average Bonchev–Trinajstić information content (AvgIpc) is 2.95. The molecule has 0 amide bonds. The van der Waals surface area contributed by atoms with Gasteiger partial charge in [0.05, 0.1) is 28.4 Å². The number of rotatable bonds is 7. The van der Waals surface area contributed by atoms with E-state index in [0.29, 0.717) is 39.4 Å². The maximum atomic E-state index is 13.6. The summed E-state index contributed by atoms with van der Waals surface area (Å²) >= 11 is 6.21. The number of aryl methyl sites for hydroxylation is 1. The molecule has 45 heavy (non-hydrogen) atoms. The van der Waals surface area contributed by atoms with Crippen LogP contribution in [-0.2, 0) is 10.1 Å². The van der Waals surface area contributed by atoms with Crippen molar-refractivity contribution in [1.82, 2.24) is 4.98 Å². The number of alkyl halides is 3. The van der Waals surface area contributed by atoms with Crippen LogP contribution in [0.5, 0.6) is 5.75 Å². The maximum Gasteiger partial charge on any atom is 0.534 e. The van der Waals surface area contributed by atoms with Crippen molar-refractivity contribution in [2.75, 3.05) is 23.3 Å². The number of fused-ring (bicyclic) bond motifs is 1. The number of benzene rings is 2. The first kappa shape index (κ1) is 32.6. The molecular weight excluding hydrogens is 631 g/mol. The van der Waals surface area contributed by atoms with Crippen LogP contribution in [0.2, 0.25) is 5.15 Å². The van der Waals surface area contributed by atoms with Crippen LogP contribution in [0.15, 0.2) is 57.7 Å². The summed E-state index contributed by atoms with van der Waals surface area (Å²) in [5, 5.41) is 4.06. The lowest BCUT2D eigenvalue weighted by atomic mass is 9.82. The largest absolute Gasteiger partial charge is 0.534 e. The number of hydrogen-bond donors (Lipinski definition) is 1. The Bertz CT molecular complexity index is 1920. The molecule has 240 valence electrons. The molecule has 1 saturated heterocycles. The predicted molar refractivity (Wildman–Crippen MR) is 170 cm³/mol. The van der Waals surface area contributed by atoms with Gasteiger partial charge in [-0.25, -0.2) is 4.98 Å². The maximum absolute atomic E-state index is 13.6. The molecule has 1 aliphatic heterocycles. The molecule has 8 nitrogen and oxygen atoms in total. The van der Waals surface area contributed by atoms with Crippen molar-refractivity contribution in [3.8, 4) is 17.0 Å². The second kappa shape index (κ2) is 11.9. The van der Waals surface area contributed by atoms with E-state index in [-0.39, 0.29) is 16.0 Å². The number of aromatic nitrogens is 1. The Labute approximate surface area is 264 Å². The van der Waals surface area contributed by atoms with Crippen LogP contribution >= 0.6 is 11.6 Å². The number of hydrogen-bond acceptors (Lipinski definition) is 8. The van der Waals surface area contributed by atoms with Gasteiger partial charge in [0, 0.05) is 24.2 Å². The molecule has 13 heteroatoms. The molecule has 1 atom stereocenters. The molecule has 2 aromatic carbocycles. The number of piperidine rings is 1. The van der Waals surface area contributed by atoms with E-state index in [1.54, 1.807) is 19.1 Å². The molecule has 5 rings (SSSR count). The molecule has 1 N–H and O–H groups in total. The van der Waals surface area contributed by atoms with E-state index in [1.165, 1.54) is 12.1 Å². The van der Waals surface area contributed by atoms with E-state index < -0.39 is 27.4 Å². The highest BCUT2D eigenvalue weighted by Gasteiger charge is 2.48. The van der Waals surface area contributed by atoms with Crippen molar-refractivity contribution in [3.63, 3.8) is 0 Å². The smallest absolute Gasteiger partial charge is 0.440 e. The van der Waals surface area contributed by atoms with Crippen LogP contribution in [0, 0.1) is 19.3 Å². The molecule has 0 spiro atoms. The van der Waals surface area contributed by atoms with Crippen LogP contribution < -0.4 is 19.8 Å². The van der Waals surface area contributed by atoms with Crippen LogP contribution in [0.3, 0.4) is 0 Å². The summed E-state index contributed by atoms with van der Waals surface area (Å²) in [6.07, 6.45) is 1.95. The highest BCUT2D eigenvalue weighted by Crippen LogP contribution is 2.37. The van der Waals surface area contributed by atoms with Gasteiger partial charge >= 0.3 is 15.6 Å². The first-order chi connectivity index (χ1) is 21.0. The number of nitrogens with one attached hydrogen (secondary N) is 1. The zero-order valence-electron chi connectivity index (χ0n) is 25.4. The number of pyridine rings is 1. The summed E-state index contributed by atoms with van der Waals surface area (Å²) in [5.41, 5.74) is -1.40. The van der Waals surface area contributed by atoms with Crippen molar-refractivity contribution in [2.24, 2.45) is 5.41 Å². The SMILES string of the molecule is Cc1cc([C@@H](C)Nc2ccc(Cl)nc2-c2ccc(OS(=O)(=O)C(F)(F)F)cc2)c2oc(N3CCC(C)(C)CC3)c(C)c(=O)c2c1. The molecule has 1 fully saturated rings. The van der Waals surface area contributed by atoms with E-state index in [4.69, 9.17) is 16.0 Å². The summed E-state index contributed by atoms with van der Waals surface area (Å²) in [6.45, 7) is 11.7. The monoisotopic (exact) mass is 663 g/mol. The van der Waals surface area contributed by atoms with E-state index >= 15 is 0 Å². The Kier molecular flexibility index (Phi) is 8.60. The topological polar surface area (TPSA) is 102 Å². The van der Waals surface area contributed by atoms with E-state index in [1.807, 2.05) is 26.0 Å². The predicted octanol–water partition coefficient (Wildman–Crippen LogP) is 8.15. The third kappa shape index (κ3) is 6.76. The van der Waals surface area contributed by atoms with Gasteiger partial charge in [-0.3, -0.25) is 4.79 Å². The Morgan fingerprint density at radius 2 is 1.71 bits per heavy atom. The van der Waals surface area contributed by atoms with E-state index in [0.717, 1.165) is 49.2 Å². The zero-order valence-corrected chi connectivity index (χ0v) is 27.0. The van der Waals surface area contributed by atoms with Gasteiger partial charge in [-0.2, -0.15) is 21.6 Å². The summed E-state index contributed by atoms with van der Waals surface area (Å²) in [4.78, 5) is 20.2. The fourth-order valence-electron chi connectivity index (χ4n) is 5.42. The summed E-state index contributed by atoms with van der Waals surface area (Å²) in [7, 11) is -5.82. The molecule has 0 bridgehead atoms. The second-order valence-corrected chi connectivity index (χ2v) is 14.1. The van der Waals surface area contributed by atoms with E-state index in [2.05, 4.69) is 33.2 Å². The standard InChI is InChI=1S/C32H33ClF3N3O5S/c1-18-16-23(29-24(17-18)28(40)19(2)30(43-29)39-14-12-31(4,5)13-15-39)20(3)37-25-10-11-26(33)38-27(25)21-6-8-22(9-7-21)44-45(41,42)32(34,35)36/h6-11,16-17,20,37H,12-15H2,1-5H3/t20-/m1/s1. The highest BCUT2D eigenvalue weighted by atomic mass is 35.5. The number of anilines is 2. The van der Waals surface area contributed by atoms with Crippen LogP contribution in [0.25, 0.3) is 22.2 Å². The van der Waals surface area contributed by atoms with Crippen LogP contribution in [-0.4, -0.2) is 32.0 Å². The first-order valence-electron chi connectivity index (χ1n) is 14.3. The minimum Gasteiger partial charge on any atom is -0.440 e. The molecule has 0 aliphatic carbocycles. The lowest BCUT2D eigenvalue weighted by Crippen LogP contribution is -2.38. The van der Waals surface area contributed by atoms with Crippen molar-refractivity contribution >= 4 is 44.3 Å². The fourth-order valence-corrected chi connectivity index (χ4v) is 6.03. The van der Waals surface area contributed by atoms with Gasteiger partial charge in [0.1, 0.15) is 16.5 Å². The molecule has 0 saturated carbocycles. The van der Waals surface area contributed by atoms with Crippen molar-refractivity contribution in [2.45, 2.75) is 59.0 Å². The Morgan fingerprint density at radius 1 is 1.07 bits per heavy atom. The quantitative estimate of drug-likeness (QED) is 0.120. The normalized spacial score (nSPS) is 16.1. The van der Waals surface area contributed by atoms with Gasteiger partial charge in [0.25, 0.3) is 0 Å². The summed E-state index contributed by atoms with van der Waals surface area (Å²) in [6, 6.07) is 11.6. The first-order valence-corrected chi connectivity index (χ1v) is 16.1. The van der Waals surface area contributed by atoms with Gasteiger partial charge in [-0.15, -0.1) is 0 Å². The molecule has 0 unspecified atom stereocenters. The molecule has 2 aromatic heterocycles. The van der Waals surface area contributed by atoms with Gasteiger partial charge in [0.15, 0.2) is 5.43 Å². The minimum atomic E-state index is -5.82. The molecular formula is C32H33ClF3N3O5S. The van der Waals surface area contributed by atoms with Gasteiger partial charge in [0.2, 0.25) is 5.88 Å². The third-order valence-electron chi connectivity index (χ3n) is 8.09. The minimum absolute atomic E-state index is 0.0862. The molecule has 1 aliphatic rings. The summed E-state index contributed by atoms with van der Waals surface area (Å²) < 4.78 is 71.8. The van der Waals surface area contributed by atoms with Crippen LogP contribution in [0.4, 0.5) is 24.7 Å². The Morgan fingerprint density at radius 3 is 2.33 bits per heavy atom. The zero-order chi connectivity index (χ0) is 32.9. The molecule has 0 radical (unpaired) electrons. The lowest BCUT2D eigenvalue weighted by molar-refractivity contribution is -0.0500.